The second kappa shape index (κ2) is 5.65. The first-order chi connectivity index (χ1) is 6.79. The lowest BCUT2D eigenvalue weighted by atomic mass is 10.3. The molecule has 0 unspecified atom stereocenters. The minimum Gasteiger partial charge on any atom is -0.495 e. The molecule has 3 nitrogen and oxygen atoms in total. The van der Waals surface area contributed by atoms with Crippen molar-refractivity contribution in [3.8, 4) is 5.75 Å². The van der Waals surface area contributed by atoms with Crippen LogP contribution >= 0.6 is 11.3 Å². The monoisotopic (exact) mass is 213 g/mol. The van der Waals surface area contributed by atoms with E-state index in [0.717, 1.165) is 19.4 Å². The maximum absolute atomic E-state index is 11.6. The highest BCUT2D eigenvalue weighted by molar-refractivity contribution is 7.12. The van der Waals surface area contributed by atoms with E-state index in [0.29, 0.717) is 10.6 Å². The summed E-state index contributed by atoms with van der Waals surface area (Å²) >= 11 is 1.40. The molecule has 4 heteroatoms. The summed E-state index contributed by atoms with van der Waals surface area (Å²) in [6, 6.07) is 1.80. The smallest absolute Gasteiger partial charge is 0.265 e. The summed E-state index contributed by atoms with van der Waals surface area (Å²) in [5, 5.41) is 4.71. The van der Waals surface area contributed by atoms with Crippen molar-refractivity contribution in [3.63, 3.8) is 0 Å². The zero-order chi connectivity index (χ0) is 10.4. The molecule has 1 heterocycles. The number of thiophene rings is 1. The van der Waals surface area contributed by atoms with E-state index in [1.807, 2.05) is 5.38 Å². The quantitative estimate of drug-likeness (QED) is 0.762. The van der Waals surface area contributed by atoms with Crippen LogP contribution in [-0.4, -0.2) is 19.6 Å². The van der Waals surface area contributed by atoms with E-state index in [4.69, 9.17) is 4.74 Å². The summed E-state index contributed by atoms with van der Waals surface area (Å²) in [5.41, 5.74) is 0. The summed E-state index contributed by atoms with van der Waals surface area (Å²) in [7, 11) is 1.57. The van der Waals surface area contributed by atoms with Gasteiger partial charge in [0, 0.05) is 6.54 Å². The molecule has 0 spiro atoms. The SMILES string of the molecule is CCCCNC(=O)c1sccc1OC. The molecular weight excluding hydrogens is 198 g/mol. The zero-order valence-electron chi connectivity index (χ0n) is 8.50. The van der Waals surface area contributed by atoms with Gasteiger partial charge in [-0.3, -0.25) is 4.79 Å². The molecule has 1 aromatic heterocycles. The van der Waals surface area contributed by atoms with Crippen molar-refractivity contribution in [1.29, 1.82) is 0 Å². The molecule has 0 atom stereocenters. The Balaban J connectivity index is 2.51. The van der Waals surface area contributed by atoms with Crippen molar-refractivity contribution < 1.29 is 9.53 Å². The standard InChI is InChI=1S/C10H15NO2S/c1-3-4-6-11-10(12)9-8(13-2)5-7-14-9/h5,7H,3-4,6H2,1-2H3,(H,11,12). The van der Waals surface area contributed by atoms with Crippen LogP contribution in [0.15, 0.2) is 11.4 Å². The number of unbranched alkanes of at least 4 members (excludes halogenated alkanes) is 1. The Kier molecular flexibility index (Phi) is 4.46. The Bertz CT molecular complexity index is 296. The summed E-state index contributed by atoms with van der Waals surface area (Å²) in [6.45, 7) is 2.83. The lowest BCUT2D eigenvalue weighted by Gasteiger charge is -2.03. The van der Waals surface area contributed by atoms with Crippen LogP contribution in [0, 0.1) is 0 Å². The van der Waals surface area contributed by atoms with Gasteiger partial charge < -0.3 is 10.1 Å². The normalized spacial score (nSPS) is 9.86. The number of carbonyl (C=O) groups excluding carboxylic acids is 1. The molecule has 0 saturated heterocycles. The number of nitrogens with one attached hydrogen (secondary N) is 1. The molecule has 0 saturated carbocycles. The van der Waals surface area contributed by atoms with Gasteiger partial charge in [-0.25, -0.2) is 0 Å². The third-order valence-electron chi connectivity index (χ3n) is 1.87. The van der Waals surface area contributed by atoms with Gasteiger partial charge in [-0.1, -0.05) is 13.3 Å². The third-order valence-corrected chi connectivity index (χ3v) is 2.77. The van der Waals surface area contributed by atoms with Crippen LogP contribution in [0.1, 0.15) is 29.4 Å². The molecule has 1 N–H and O–H groups in total. The number of ether oxygens (including phenoxy) is 1. The van der Waals surface area contributed by atoms with E-state index in [1.54, 1.807) is 13.2 Å². The molecule has 1 aromatic rings. The average Bonchev–Trinajstić information content (AvgIpc) is 2.65. The van der Waals surface area contributed by atoms with Gasteiger partial charge in [0.15, 0.2) is 0 Å². The molecule has 0 aliphatic heterocycles. The number of carbonyl (C=O) groups is 1. The second-order valence-electron chi connectivity index (χ2n) is 2.93. The number of amides is 1. The van der Waals surface area contributed by atoms with Gasteiger partial charge in [0.25, 0.3) is 5.91 Å². The Labute approximate surface area is 88.1 Å². The molecule has 1 rings (SSSR count). The average molecular weight is 213 g/mol. The molecule has 0 bridgehead atoms. The Hall–Kier alpha value is -1.03. The first-order valence-corrected chi connectivity index (χ1v) is 5.57. The largest absolute Gasteiger partial charge is 0.495 e. The van der Waals surface area contributed by atoms with Crippen LogP contribution in [0.2, 0.25) is 0 Å². The Morgan fingerprint density at radius 2 is 2.43 bits per heavy atom. The fourth-order valence-corrected chi connectivity index (χ4v) is 1.86. The van der Waals surface area contributed by atoms with Crippen molar-refractivity contribution in [1.82, 2.24) is 5.32 Å². The van der Waals surface area contributed by atoms with Crippen molar-refractivity contribution in [2.45, 2.75) is 19.8 Å². The minimum atomic E-state index is -0.0368. The maximum Gasteiger partial charge on any atom is 0.265 e. The number of hydrogen-bond acceptors (Lipinski definition) is 3. The Morgan fingerprint density at radius 1 is 1.64 bits per heavy atom. The van der Waals surface area contributed by atoms with Crippen LogP contribution in [0.4, 0.5) is 0 Å². The lowest BCUT2D eigenvalue weighted by Crippen LogP contribution is -2.23. The predicted molar refractivity (Wildman–Crippen MR) is 58.1 cm³/mol. The highest BCUT2D eigenvalue weighted by Gasteiger charge is 2.12. The van der Waals surface area contributed by atoms with Crippen LogP contribution in [0.25, 0.3) is 0 Å². The number of rotatable bonds is 5. The predicted octanol–water partition coefficient (Wildman–Crippen LogP) is 2.29. The molecule has 0 aliphatic carbocycles. The van der Waals surface area contributed by atoms with Crippen LogP contribution in [-0.2, 0) is 0 Å². The van der Waals surface area contributed by atoms with Gasteiger partial charge in [0.2, 0.25) is 0 Å². The van der Waals surface area contributed by atoms with E-state index >= 15 is 0 Å². The summed E-state index contributed by atoms with van der Waals surface area (Å²) in [4.78, 5) is 12.2. The minimum absolute atomic E-state index is 0.0368. The van der Waals surface area contributed by atoms with Gasteiger partial charge in [0.05, 0.1) is 7.11 Å². The lowest BCUT2D eigenvalue weighted by molar-refractivity contribution is 0.0954. The van der Waals surface area contributed by atoms with Crippen LogP contribution in [0.3, 0.4) is 0 Å². The van der Waals surface area contributed by atoms with Gasteiger partial charge in [-0.05, 0) is 17.9 Å². The molecule has 78 valence electrons. The molecule has 14 heavy (non-hydrogen) atoms. The molecule has 1 amide bonds. The van der Waals surface area contributed by atoms with Gasteiger partial charge >= 0.3 is 0 Å². The fraction of sp³-hybridized carbons (Fsp3) is 0.500. The van der Waals surface area contributed by atoms with Crippen molar-refractivity contribution in [2.24, 2.45) is 0 Å². The van der Waals surface area contributed by atoms with Gasteiger partial charge in [0.1, 0.15) is 10.6 Å². The molecular formula is C10H15NO2S. The maximum atomic E-state index is 11.6. The van der Waals surface area contributed by atoms with E-state index in [-0.39, 0.29) is 5.91 Å². The van der Waals surface area contributed by atoms with Gasteiger partial charge in [-0.2, -0.15) is 0 Å². The highest BCUT2D eigenvalue weighted by atomic mass is 32.1. The van der Waals surface area contributed by atoms with E-state index < -0.39 is 0 Å². The van der Waals surface area contributed by atoms with E-state index in [1.165, 1.54) is 11.3 Å². The first-order valence-electron chi connectivity index (χ1n) is 4.69. The summed E-state index contributed by atoms with van der Waals surface area (Å²) in [5.74, 6) is 0.620. The topological polar surface area (TPSA) is 38.3 Å². The summed E-state index contributed by atoms with van der Waals surface area (Å²) < 4.78 is 5.06. The third kappa shape index (κ3) is 2.73. The second-order valence-corrected chi connectivity index (χ2v) is 3.84. The van der Waals surface area contributed by atoms with Crippen LogP contribution in [0.5, 0.6) is 5.75 Å². The fourth-order valence-electron chi connectivity index (χ4n) is 1.08. The molecule has 0 radical (unpaired) electrons. The van der Waals surface area contributed by atoms with Crippen molar-refractivity contribution >= 4 is 17.2 Å². The first kappa shape index (κ1) is 11.0. The van der Waals surface area contributed by atoms with Gasteiger partial charge in [-0.15, -0.1) is 11.3 Å². The van der Waals surface area contributed by atoms with E-state index in [9.17, 15) is 4.79 Å². The summed E-state index contributed by atoms with van der Waals surface area (Å²) in [6.07, 6.45) is 2.10. The highest BCUT2D eigenvalue weighted by Crippen LogP contribution is 2.23. The molecule has 0 aliphatic rings. The Morgan fingerprint density at radius 3 is 3.07 bits per heavy atom. The number of hydrogen-bond donors (Lipinski definition) is 1. The molecule has 0 fully saturated rings. The van der Waals surface area contributed by atoms with Crippen LogP contribution < -0.4 is 10.1 Å². The number of methoxy groups -OCH3 is 1. The van der Waals surface area contributed by atoms with E-state index in [2.05, 4.69) is 12.2 Å². The van der Waals surface area contributed by atoms with Crippen molar-refractivity contribution in [3.05, 3.63) is 16.3 Å². The van der Waals surface area contributed by atoms with Crippen molar-refractivity contribution in [2.75, 3.05) is 13.7 Å². The zero-order valence-corrected chi connectivity index (χ0v) is 9.32. The molecule has 0 aromatic carbocycles.